The van der Waals surface area contributed by atoms with E-state index in [1.807, 2.05) is 17.6 Å². The van der Waals surface area contributed by atoms with Crippen molar-refractivity contribution in [1.29, 1.82) is 0 Å². The van der Waals surface area contributed by atoms with Crippen molar-refractivity contribution in [2.75, 3.05) is 5.32 Å². The van der Waals surface area contributed by atoms with Gasteiger partial charge < -0.3 is 9.88 Å². The molecule has 2 aromatic rings. The lowest BCUT2D eigenvalue weighted by atomic mass is 10.1. The van der Waals surface area contributed by atoms with Crippen LogP contribution in [0, 0.1) is 0 Å². The molecule has 1 amide bonds. The second kappa shape index (κ2) is 8.52. The van der Waals surface area contributed by atoms with Gasteiger partial charge in [0.05, 0.1) is 5.25 Å². The number of benzene rings is 1. The number of carbonyl (C=O) groups is 1. The van der Waals surface area contributed by atoms with E-state index in [0.29, 0.717) is 0 Å². The molecule has 0 saturated heterocycles. The predicted molar refractivity (Wildman–Crippen MR) is 102 cm³/mol. The number of thioether (sulfide) groups is 1. The Bertz CT molecular complexity index is 728. The molecule has 0 bridgehead atoms. The van der Waals surface area contributed by atoms with Gasteiger partial charge in [0.1, 0.15) is 6.33 Å². The summed E-state index contributed by atoms with van der Waals surface area (Å²) in [6.45, 7) is 5.01. The van der Waals surface area contributed by atoms with E-state index in [1.54, 1.807) is 6.33 Å². The molecule has 1 aromatic heterocycles. The first kappa shape index (κ1) is 18.0. The van der Waals surface area contributed by atoms with Crippen LogP contribution in [0.5, 0.6) is 0 Å². The molecule has 1 aliphatic carbocycles. The minimum absolute atomic E-state index is 0.00561. The molecule has 0 unspecified atom stereocenters. The monoisotopic (exact) mass is 358 g/mol. The number of aryl methyl sites for hydroxylation is 3. The summed E-state index contributed by atoms with van der Waals surface area (Å²) in [5.74, 6) is 0.00561. The highest BCUT2D eigenvalue weighted by Gasteiger charge is 2.19. The van der Waals surface area contributed by atoms with Gasteiger partial charge in [-0.3, -0.25) is 4.79 Å². The SMILES string of the molecule is CCCCCn1cnnc1S[C@H](C)C(=O)Nc1ccc2c(c1)CCC2. The Kier molecular flexibility index (Phi) is 6.13. The van der Waals surface area contributed by atoms with Crippen molar-refractivity contribution in [1.82, 2.24) is 14.8 Å². The summed E-state index contributed by atoms with van der Waals surface area (Å²) in [5, 5.41) is 11.8. The van der Waals surface area contributed by atoms with Gasteiger partial charge in [-0.2, -0.15) is 0 Å². The summed E-state index contributed by atoms with van der Waals surface area (Å²) in [5.41, 5.74) is 3.68. The second-order valence-electron chi connectivity index (χ2n) is 6.60. The number of hydrogen-bond acceptors (Lipinski definition) is 4. The molecule has 1 aromatic carbocycles. The molecule has 5 nitrogen and oxygen atoms in total. The quantitative estimate of drug-likeness (QED) is 0.571. The Labute approximate surface area is 153 Å². The Balaban J connectivity index is 1.57. The van der Waals surface area contributed by atoms with Crippen molar-refractivity contribution in [3.63, 3.8) is 0 Å². The molecular formula is C19H26N4OS. The van der Waals surface area contributed by atoms with Gasteiger partial charge in [0, 0.05) is 12.2 Å². The molecule has 1 N–H and O–H groups in total. The Morgan fingerprint density at radius 3 is 3.00 bits per heavy atom. The maximum absolute atomic E-state index is 12.5. The molecule has 25 heavy (non-hydrogen) atoms. The fourth-order valence-corrected chi connectivity index (χ4v) is 3.98. The number of fused-ring (bicyclic) bond motifs is 1. The Morgan fingerprint density at radius 2 is 2.16 bits per heavy atom. The first-order valence-corrected chi connectivity index (χ1v) is 10.0. The molecule has 0 spiro atoms. The van der Waals surface area contributed by atoms with Crippen LogP contribution in [0.15, 0.2) is 29.7 Å². The summed E-state index contributed by atoms with van der Waals surface area (Å²) in [7, 11) is 0. The summed E-state index contributed by atoms with van der Waals surface area (Å²) in [6, 6.07) is 6.26. The third-order valence-corrected chi connectivity index (χ3v) is 5.69. The van der Waals surface area contributed by atoms with Gasteiger partial charge in [-0.15, -0.1) is 10.2 Å². The van der Waals surface area contributed by atoms with Gasteiger partial charge in [-0.25, -0.2) is 0 Å². The fraction of sp³-hybridized carbons (Fsp3) is 0.526. The minimum atomic E-state index is -0.220. The normalized spacial score (nSPS) is 14.3. The highest BCUT2D eigenvalue weighted by atomic mass is 32.2. The van der Waals surface area contributed by atoms with Crippen LogP contribution in [-0.2, 0) is 24.2 Å². The number of hydrogen-bond donors (Lipinski definition) is 1. The molecule has 0 saturated carbocycles. The third kappa shape index (κ3) is 4.63. The zero-order valence-electron chi connectivity index (χ0n) is 15.0. The van der Waals surface area contributed by atoms with E-state index in [-0.39, 0.29) is 11.2 Å². The molecule has 0 radical (unpaired) electrons. The first-order valence-electron chi connectivity index (χ1n) is 9.14. The summed E-state index contributed by atoms with van der Waals surface area (Å²) >= 11 is 1.47. The number of nitrogens with one attached hydrogen (secondary N) is 1. The minimum Gasteiger partial charge on any atom is -0.325 e. The maximum Gasteiger partial charge on any atom is 0.237 e. The molecule has 1 atom stereocenters. The summed E-state index contributed by atoms with van der Waals surface area (Å²) in [6.07, 6.45) is 8.72. The van der Waals surface area contributed by atoms with Crippen LogP contribution in [-0.4, -0.2) is 25.9 Å². The van der Waals surface area contributed by atoms with Gasteiger partial charge in [0.25, 0.3) is 0 Å². The summed E-state index contributed by atoms with van der Waals surface area (Å²) < 4.78 is 2.04. The second-order valence-corrected chi connectivity index (χ2v) is 7.91. The van der Waals surface area contributed by atoms with Crippen LogP contribution in [0.4, 0.5) is 5.69 Å². The lowest BCUT2D eigenvalue weighted by Crippen LogP contribution is -2.23. The molecule has 0 aliphatic heterocycles. The fourth-order valence-electron chi connectivity index (χ4n) is 3.13. The van der Waals surface area contributed by atoms with E-state index in [2.05, 4.69) is 34.6 Å². The van der Waals surface area contributed by atoms with Crippen molar-refractivity contribution >= 4 is 23.4 Å². The Hall–Kier alpha value is -1.82. The van der Waals surface area contributed by atoms with Crippen molar-refractivity contribution in [2.45, 2.75) is 69.3 Å². The number of rotatable bonds is 8. The average Bonchev–Trinajstić information content (AvgIpc) is 3.24. The standard InChI is InChI=1S/C19H26N4OS/c1-3-4-5-11-23-13-20-22-19(23)25-14(2)18(24)21-17-10-9-15-7-6-8-16(15)12-17/h9-10,12-14H,3-8,11H2,1-2H3,(H,21,24)/t14-/m1/s1. The van der Waals surface area contributed by atoms with Crippen LogP contribution in [0.1, 0.15) is 50.7 Å². The Morgan fingerprint density at radius 1 is 1.32 bits per heavy atom. The van der Waals surface area contributed by atoms with Crippen LogP contribution in [0.2, 0.25) is 0 Å². The number of aromatic nitrogens is 3. The van der Waals surface area contributed by atoms with E-state index >= 15 is 0 Å². The number of nitrogens with zero attached hydrogens (tertiary/aromatic N) is 3. The molecular weight excluding hydrogens is 332 g/mol. The van der Waals surface area contributed by atoms with Crippen LogP contribution >= 0.6 is 11.8 Å². The predicted octanol–water partition coefficient (Wildman–Crippen LogP) is 4.08. The van der Waals surface area contributed by atoms with E-state index < -0.39 is 0 Å². The number of unbranched alkanes of at least 4 members (excludes halogenated alkanes) is 2. The molecule has 3 rings (SSSR count). The van der Waals surface area contributed by atoms with Gasteiger partial charge in [0.15, 0.2) is 5.16 Å². The molecule has 1 heterocycles. The van der Waals surface area contributed by atoms with Crippen LogP contribution in [0.3, 0.4) is 0 Å². The zero-order valence-corrected chi connectivity index (χ0v) is 15.8. The highest BCUT2D eigenvalue weighted by Crippen LogP contribution is 2.26. The zero-order chi connectivity index (χ0) is 17.6. The molecule has 1 aliphatic rings. The molecule has 6 heteroatoms. The van der Waals surface area contributed by atoms with Crippen LogP contribution in [0.25, 0.3) is 0 Å². The largest absolute Gasteiger partial charge is 0.325 e. The van der Waals surface area contributed by atoms with Crippen molar-refractivity contribution < 1.29 is 4.79 Å². The van der Waals surface area contributed by atoms with E-state index in [9.17, 15) is 4.79 Å². The van der Waals surface area contributed by atoms with Crippen molar-refractivity contribution in [3.8, 4) is 0 Å². The topological polar surface area (TPSA) is 59.8 Å². The van der Waals surface area contributed by atoms with Gasteiger partial charge in [-0.1, -0.05) is 37.6 Å². The third-order valence-electron chi connectivity index (χ3n) is 4.60. The molecule has 134 valence electrons. The van der Waals surface area contributed by atoms with E-state index in [4.69, 9.17) is 0 Å². The lowest BCUT2D eigenvalue weighted by molar-refractivity contribution is -0.115. The lowest BCUT2D eigenvalue weighted by Gasteiger charge is -2.13. The van der Waals surface area contributed by atoms with E-state index in [0.717, 1.165) is 36.7 Å². The molecule has 0 fully saturated rings. The van der Waals surface area contributed by atoms with Crippen LogP contribution < -0.4 is 5.32 Å². The van der Waals surface area contributed by atoms with Gasteiger partial charge in [0.2, 0.25) is 5.91 Å². The first-order chi connectivity index (χ1) is 12.2. The average molecular weight is 359 g/mol. The maximum atomic E-state index is 12.5. The number of amides is 1. The van der Waals surface area contributed by atoms with Crippen molar-refractivity contribution in [2.24, 2.45) is 0 Å². The van der Waals surface area contributed by atoms with Gasteiger partial charge in [-0.05, 0) is 55.9 Å². The van der Waals surface area contributed by atoms with Crippen molar-refractivity contribution in [3.05, 3.63) is 35.7 Å². The number of anilines is 1. The van der Waals surface area contributed by atoms with E-state index in [1.165, 1.54) is 42.2 Å². The highest BCUT2D eigenvalue weighted by molar-refractivity contribution is 8.00. The smallest absolute Gasteiger partial charge is 0.237 e. The number of carbonyl (C=O) groups excluding carboxylic acids is 1. The summed E-state index contributed by atoms with van der Waals surface area (Å²) in [4.78, 5) is 12.5. The van der Waals surface area contributed by atoms with Gasteiger partial charge >= 0.3 is 0 Å².